The molecular weight excluding hydrogens is 295 g/mol. The number of rotatable bonds is 2. The molecule has 0 atom stereocenters. The number of amides is 1. The summed E-state index contributed by atoms with van der Waals surface area (Å²) >= 11 is 12.0. The predicted octanol–water partition coefficient (Wildman–Crippen LogP) is 4.44. The molecule has 3 nitrogen and oxygen atoms in total. The van der Waals surface area contributed by atoms with E-state index in [-0.39, 0.29) is 5.91 Å². The first-order chi connectivity index (χ1) is 9.38. The van der Waals surface area contributed by atoms with Crippen molar-refractivity contribution in [2.75, 3.05) is 11.1 Å². The number of anilines is 2. The van der Waals surface area contributed by atoms with Gasteiger partial charge in [-0.15, -0.1) is 0 Å². The lowest BCUT2D eigenvalue weighted by atomic mass is 10.1. The molecule has 0 bridgehead atoms. The van der Waals surface area contributed by atoms with Crippen molar-refractivity contribution in [1.29, 1.82) is 0 Å². The zero-order valence-corrected chi connectivity index (χ0v) is 12.6. The molecule has 0 aliphatic carbocycles. The number of benzene rings is 2. The van der Waals surface area contributed by atoms with Crippen molar-refractivity contribution < 1.29 is 4.79 Å². The molecule has 2 aromatic carbocycles. The Labute approximate surface area is 127 Å². The smallest absolute Gasteiger partial charge is 0.257 e. The van der Waals surface area contributed by atoms with Gasteiger partial charge in [-0.05, 0) is 49.2 Å². The molecule has 5 heteroatoms. The molecule has 0 fully saturated rings. The van der Waals surface area contributed by atoms with Crippen molar-refractivity contribution in [3.8, 4) is 0 Å². The number of halogens is 2. The number of nitrogens with one attached hydrogen (secondary N) is 1. The van der Waals surface area contributed by atoms with Gasteiger partial charge in [0.1, 0.15) is 0 Å². The van der Waals surface area contributed by atoms with Crippen LogP contribution in [0.15, 0.2) is 30.3 Å². The fourth-order valence-corrected chi connectivity index (χ4v) is 2.32. The molecule has 0 spiro atoms. The van der Waals surface area contributed by atoms with Crippen LogP contribution in [0.1, 0.15) is 21.5 Å². The van der Waals surface area contributed by atoms with Crippen molar-refractivity contribution in [1.82, 2.24) is 0 Å². The summed E-state index contributed by atoms with van der Waals surface area (Å²) in [5.74, 6) is -0.279. The second kappa shape index (κ2) is 5.73. The first-order valence-corrected chi connectivity index (χ1v) is 6.77. The van der Waals surface area contributed by atoms with Crippen molar-refractivity contribution in [2.24, 2.45) is 0 Å². The molecule has 20 heavy (non-hydrogen) atoms. The van der Waals surface area contributed by atoms with Crippen LogP contribution in [0.4, 0.5) is 11.4 Å². The van der Waals surface area contributed by atoms with Gasteiger partial charge in [0.25, 0.3) is 5.91 Å². The molecule has 0 aliphatic heterocycles. The molecule has 104 valence electrons. The summed E-state index contributed by atoms with van der Waals surface area (Å²) in [5.41, 5.74) is 9.06. The average Bonchev–Trinajstić information content (AvgIpc) is 2.35. The third-order valence-corrected chi connectivity index (χ3v) is 3.60. The van der Waals surface area contributed by atoms with Gasteiger partial charge in [-0.2, -0.15) is 0 Å². The zero-order valence-electron chi connectivity index (χ0n) is 11.1. The number of carbonyl (C=O) groups is 1. The number of carbonyl (C=O) groups excluding carboxylic acids is 1. The molecule has 0 heterocycles. The van der Waals surface area contributed by atoms with Crippen LogP contribution in [0, 0.1) is 13.8 Å². The molecule has 3 N–H and O–H groups in total. The van der Waals surface area contributed by atoms with E-state index >= 15 is 0 Å². The highest BCUT2D eigenvalue weighted by atomic mass is 35.5. The van der Waals surface area contributed by atoms with E-state index in [0.717, 1.165) is 11.1 Å². The van der Waals surface area contributed by atoms with Gasteiger partial charge in [0, 0.05) is 5.69 Å². The maximum Gasteiger partial charge on any atom is 0.257 e. The average molecular weight is 309 g/mol. The number of hydrogen-bond acceptors (Lipinski definition) is 2. The van der Waals surface area contributed by atoms with E-state index in [2.05, 4.69) is 5.32 Å². The van der Waals surface area contributed by atoms with Crippen LogP contribution in [0.2, 0.25) is 10.0 Å². The van der Waals surface area contributed by atoms with E-state index in [0.29, 0.717) is 27.0 Å². The summed E-state index contributed by atoms with van der Waals surface area (Å²) in [5, 5.41) is 3.61. The minimum absolute atomic E-state index is 0.279. The number of aryl methyl sites for hydroxylation is 2. The minimum atomic E-state index is -0.279. The summed E-state index contributed by atoms with van der Waals surface area (Å²) in [4.78, 5) is 12.2. The first-order valence-electron chi connectivity index (χ1n) is 6.01. The van der Waals surface area contributed by atoms with E-state index in [1.165, 1.54) is 0 Å². The highest BCUT2D eigenvalue weighted by Crippen LogP contribution is 2.27. The SMILES string of the molecule is Cc1ccc(C(=O)Nc2cc(Cl)c(N)cc2C)c(Cl)c1. The summed E-state index contributed by atoms with van der Waals surface area (Å²) in [6.07, 6.45) is 0. The lowest BCUT2D eigenvalue weighted by molar-refractivity contribution is 0.102. The van der Waals surface area contributed by atoms with Gasteiger partial charge in [0.2, 0.25) is 0 Å². The van der Waals surface area contributed by atoms with Crippen LogP contribution in [0.5, 0.6) is 0 Å². The summed E-state index contributed by atoms with van der Waals surface area (Å²) < 4.78 is 0. The predicted molar refractivity (Wildman–Crippen MR) is 84.7 cm³/mol. The Hall–Kier alpha value is -1.71. The molecule has 2 rings (SSSR count). The number of nitrogens with two attached hydrogens (primary N) is 1. The van der Waals surface area contributed by atoms with Gasteiger partial charge in [-0.3, -0.25) is 4.79 Å². The zero-order chi connectivity index (χ0) is 14.9. The molecular formula is C15H14Cl2N2O. The highest BCUT2D eigenvalue weighted by Gasteiger charge is 2.12. The van der Waals surface area contributed by atoms with Crippen molar-refractivity contribution in [3.63, 3.8) is 0 Å². The van der Waals surface area contributed by atoms with Crippen LogP contribution in [-0.4, -0.2) is 5.91 Å². The molecule has 1 amide bonds. The lowest BCUT2D eigenvalue weighted by Crippen LogP contribution is -2.13. The lowest BCUT2D eigenvalue weighted by Gasteiger charge is -2.11. The van der Waals surface area contributed by atoms with Gasteiger partial charge in [0.05, 0.1) is 21.3 Å². The van der Waals surface area contributed by atoms with Gasteiger partial charge in [0.15, 0.2) is 0 Å². The standard InChI is InChI=1S/C15H14Cl2N2O/c1-8-3-4-10(11(16)5-8)15(20)19-14-7-12(17)13(18)6-9(14)2/h3-7H,18H2,1-2H3,(H,19,20). The quantitative estimate of drug-likeness (QED) is 0.806. The Kier molecular flexibility index (Phi) is 4.21. The topological polar surface area (TPSA) is 55.1 Å². The number of nitrogen functional groups attached to an aromatic ring is 1. The Morgan fingerprint density at radius 2 is 1.80 bits per heavy atom. The summed E-state index contributed by atoms with van der Waals surface area (Å²) in [6, 6.07) is 8.63. The Balaban J connectivity index is 2.30. The molecule has 0 radical (unpaired) electrons. The van der Waals surface area contributed by atoms with Crippen LogP contribution in [0.3, 0.4) is 0 Å². The highest BCUT2D eigenvalue weighted by molar-refractivity contribution is 6.35. The molecule has 0 aromatic heterocycles. The van der Waals surface area contributed by atoms with E-state index in [9.17, 15) is 4.79 Å². The molecule has 0 saturated carbocycles. The fourth-order valence-electron chi connectivity index (χ4n) is 1.83. The summed E-state index contributed by atoms with van der Waals surface area (Å²) in [6.45, 7) is 3.76. The third-order valence-electron chi connectivity index (χ3n) is 2.96. The van der Waals surface area contributed by atoms with Crippen LogP contribution in [-0.2, 0) is 0 Å². The van der Waals surface area contributed by atoms with Gasteiger partial charge >= 0.3 is 0 Å². The van der Waals surface area contributed by atoms with Crippen LogP contribution >= 0.6 is 23.2 Å². The minimum Gasteiger partial charge on any atom is -0.398 e. The monoisotopic (exact) mass is 308 g/mol. The van der Waals surface area contributed by atoms with Gasteiger partial charge in [-0.1, -0.05) is 29.3 Å². The molecule has 2 aromatic rings. The normalized spacial score (nSPS) is 10.4. The van der Waals surface area contributed by atoms with Crippen LogP contribution < -0.4 is 11.1 Å². The first kappa shape index (κ1) is 14.7. The van der Waals surface area contributed by atoms with Crippen molar-refractivity contribution in [3.05, 3.63) is 57.1 Å². The van der Waals surface area contributed by atoms with Gasteiger partial charge < -0.3 is 11.1 Å². The van der Waals surface area contributed by atoms with Crippen molar-refractivity contribution >= 4 is 40.5 Å². The maximum absolute atomic E-state index is 12.2. The third kappa shape index (κ3) is 3.06. The van der Waals surface area contributed by atoms with Crippen molar-refractivity contribution in [2.45, 2.75) is 13.8 Å². The Morgan fingerprint density at radius 1 is 1.10 bits per heavy atom. The Bertz CT molecular complexity index is 684. The Morgan fingerprint density at radius 3 is 2.45 bits per heavy atom. The van der Waals surface area contributed by atoms with E-state index in [1.807, 2.05) is 19.9 Å². The fraction of sp³-hybridized carbons (Fsp3) is 0.133. The second-order valence-electron chi connectivity index (χ2n) is 4.63. The van der Waals surface area contributed by atoms with Crippen LogP contribution in [0.25, 0.3) is 0 Å². The summed E-state index contributed by atoms with van der Waals surface area (Å²) in [7, 11) is 0. The largest absolute Gasteiger partial charge is 0.398 e. The second-order valence-corrected chi connectivity index (χ2v) is 5.44. The number of hydrogen-bond donors (Lipinski definition) is 2. The molecule has 0 unspecified atom stereocenters. The van der Waals surface area contributed by atoms with E-state index in [1.54, 1.807) is 24.3 Å². The maximum atomic E-state index is 12.2. The molecule has 0 aliphatic rings. The van der Waals surface area contributed by atoms with E-state index < -0.39 is 0 Å². The van der Waals surface area contributed by atoms with E-state index in [4.69, 9.17) is 28.9 Å². The van der Waals surface area contributed by atoms with Gasteiger partial charge in [-0.25, -0.2) is 0 Å². The molecule has 0 saturated heterocycles.